The van der Waals surface area contributed by atoms with E-state index in [1.807, 2.05) is 24.8 Å². The van der Waals surface area contributed by atoms with Gasteiger partial charge in [0.1, 0.15) is 5.75 Å². The van der Waals surface area contributed by atoms with Gasteiger partial charge in [-0.3, -0.25) is 10.2 Å². The fourth-order valence-corrected chi connectivity index (χ4v) is 6.09. The van der Waals surface area contributed by atoms with Gasteiger partial charge in [-0.2, -0.15) is 4.99 Å². The molecule has 1 fully saturated rings. The number of allylic oxidation sites excluding steroid dienone is 1. The number of guanidine groups is 2. The number of ether oxygens (including phenoxy) is 3. The predicted molar refractivity (Wildman–Crippen MR) is 176 cm³/mol. The van der Waals surface area contributed by atoms with Gasteiger partial charge in [-0.15, -0.1) is 0 Å². The number of phenolic OH excluding ortho intramolecular Hbond substituents is 1. The molecule has 0 spiro atoms. The second kappa shape index (κ2) is 15.6. The number of nitrogens with one attached hydrogen (secondary N) is 2. The number of fused-ring (bicyclic) bond motifs is 4. The minimum atomic E-state index is -0.953. The van der Waals surface area contributed by atoms with Crippen molar-refractivity contribution in [2.24, 2.45) is 32.5 Å². The summed E-state index contributed by atoms with van der Waals surface area (Å²) in [6, 6.07) is 1.55. The summed E-state index contributed by atoms with van der Waals surface area (Å²) in [7, 11) is 3.04. The number of nitrogens with two attached hydrogens (primary N) is 1. The van der Waals surface area contributed by atoms with Gasteiger partial charge < -0.3 is 40.4 Å². The summed E-state index contributed by atoms with van der Waals surface area (Å²) in [6.45, 7) is 8.78. The Morgan fingerprint density at radius 3 is 2.49 bits per heavy atom. The third-order valence-electron chi connectivity index (χ3n) is 8.92. The maximum atomic E-state index is 13.3. The number of nitrogens with zero attached hydrogens (tertiary/aromatic N) is 4. The van der Waals surface area contributed by atoms with Crippen LogP contribution in [0.3, 0.4) is 0 Å². The highest BCUT2D eigenvalue weighted by molar-refractivity contribution is 6.04. The molecule has 0 radical (unpaired) electrons. The van der Waals surface area contributed by atoms with Gasteiger partial charge in [-0.05, 0) is 63.5 Å². The third-order valence-corrected chi connectivity index (χ3v) is 8.92. The Morgan fingerprint density at radius 1 is 1.17 bits per heavy atom. The number of phenols is 1. The molecule has 1 aromatic rings. The largest absolute Gasteiger partial charge is 0.505 e. The number of amides is 2. The second-order valence-electron chi connectivity index (χ2n) is 12.5. The molecule has 1 aromatic carbocycles. The first kappa shape index (κ1) is 35.7. The molecule has 2 amide bonds. The zero-order chi connectivity index (χ0) is 34.4. The van der Waals surface area contributed by atoms with E-state index in [-0.39, 0.29) is 29.3 Å². The van der Waals surface area contributed by atoms with Crippen molar-refractivity contribution in [3.63, 3.8) is 0 Å². The standard InChI is InChI=1S/C33H47N7O7/c1-17-13-21-26-22(37-33(38-26)39-31(34)40-11-8-12-40)16-23(28(21)42)36-30(43)18(2)9-7-10-24(45-5)29(47-32(35)44)20(4)15-19(3)27(41)25(14-17)46-6/h9,15-17,19,24-25,27,29,34,41-42H,7-8,10-14H2,1-6H3,(H2,35,44)(H,36,43)/b18-9+,20-15+,34-31?,39-33?/t17-,19+,24+,25+,27-,29+/m1/s1. The van der Waals surface area contributed by atoms with Crippen LogP contribution in [0.15, 0.2) is 44.3 Å². The van der Waals surface area contributed by atoms with Crippen LogP contribution in [0.4, 0.5) is 10.5 Å². The molecule has 0 aliphatic carbocycles. The molecule has 6 N–H and O–H groups in total. The molecular formula is C33H47N7O7. The molecular weight excluding hydrogens is 606 g/mol. The Labute approximate surface area is 274 Å². The van der Waals surface area contributed by atoms with E-state index in [0.717, 1.165) is 19.5 Å². The van der Waals surface area contributed by atoms with Crippen LogP contribution in [-0.4, -0.2) is 90.8 Å². The Kier molecular flexibility index (Phi) is 11.9. The predicted octanol–water partition coefficient (Wildman–Crippen LogP) is 2.33. The molecule has 0 aromatic heterocycles. The third kappa shape index (κ3) is 8.62. The number of aliphatic imine (C=N–C) groups is 1. The molecule has 0 saturated carbocycles. The number of hydrogen-bond acceptors (Lipinski definition) is 8. The molecule has 1 saturated heterocycles. The number of hydrogen-bond donors (Lipinski definition) is 5. The summed E-state index contributed by atoms with van der Waals surface area (Å²) < 4.78 is 16.9. The smallest absolute Gasteiger partial charge is 0.405 e. The topological polar surface area (TPSA) is 205 Å². The van der Waals surface area contributed by atoms with Gasteiger partial charge in [0.15, 0.2) is 6.10 Å². The van der Waals surface area contributed by atoms with Gasteiger partial charge in [0.05, 0.1) is 34.7 Å². The van der Waals surface area contributed by atoms with Crippen molar-refractivity contribution < 1.29 is 34.0 Å². The van der Waals surface area contributed by atoms with Crippen LogP contribution < -0.4 is 21.8 Å². The minimum absolute atomic E-state index is 0.0756. The Bertz CT molecular complexity index is 1580. The van der Waals surface area contributed by atoms with Crippen molar-refractivity contribution in [1.82, 2.24) is 4.90 Å². The van der Waals surface area contributed by atoms with Crippen LogP contribution in [0, 0.1) is 17.2 Å². The van der Waals surface area contributed by atoms with Crippen LogP contribution in [-0.2, 0) is 25.4 Å². The van der Waals surface area contributed by atoms with Crippen LogP contribution in [0.1, 0.15) is 58.9 Å². The van der Waals surface area contributed by atoms with E-state index in [2.05, 4.69) is 20.3 Å². The average molecular weight is 654 g/mol. The van der Waals surface area contributed by atoms with E-state index in [1.54, 1.807) is 26.0 Å². The Morgan fingerprint density at radius 2 is 1.87 bits per heavy atom. The maximum absolute atomic E-state index is 13.3. The molecule has 14 heteroatoms. The van der Waals surface area contributed by atoms with E-state index >= 15 is 0 Å². The van der Waals surface area contributed by atoms with Gasteiger partial charge in [0.2, 0.25) is 5.96 Å². The van der Waals surface area contributed by atoms with Crippen molar-refractivity contribution in [2.45, 2.75) is 84.2 Å². The monoisotopic (exact) mass is 653 g/mol. The van der Waals surface area contributed by atoms with Gasteiger partial charge in [-0.1, -0.05) is 26.0 Å². The molecule has 47 heavy (non-hydrogen) atoms. The highest BCUT2D eigenvalue weighted by atomic mass is 16.6. The number of likely N-dealkylation sites (tertiary alicyclic amines) is 1. The zero-order valence-electron chi connectivity index (χ0n) is 27.9. The molecule has 3 aliphatic rings. The number of carbonyl (C=O) groups excluding carboxylic acids is 2. The fraction of sp³-hybridized carbons (Fsp3) is 0.576. The number of carbonyl (C=O) groups is 2. The molecule has 14 nitrogen and oxygen atoms in total. The van der Waals surface area contributed by atoms with Crippen molar-refractivity contribution in [3.05, 3.63) is 45.6 Å². The number of primary amides is 1. The van der Waals surface area contributed by atoms with Gasteiger partial charge in [-0.25, -0.2) is 14.8 Å². The number of methoxy groups -OCH3 is 2. The molecule has 256 valence electrons. The van der Waals surface area contributed by atoms with Crippen LogP contribution in [0.25, 0.3) is 0 Å². The Balaban J connectivity index is 1.76. The SMILES string of the molecule is CO[C@H]1C[C@H](C)Cc2c(O)c(cc3c2=NC(=NC(=N)N2CCC2)N=3)NC(=O)/C(C)=C/CC[C@H](OC)[C@@H](OC(N)=O)/C(C)=C/[C@H](C)[C@H]1O. The van der Waals surface area contributed by atoms with Crippen molar-refractivity contribution in [2.75, 3.05) is 32.6 Å². The lowest BCUT2D eigenvalue weighted by Crippen LogP contribution is -2.41. The van der Waals surface area contributed by atoms with Crippen molar-refractivity contribution >= 4 is 29.6 Å². The van der Waals surface area contributed by atoms with E-state index in [4.69, 9.17) is 25.4 Å². The van der Waals surface area contributed by atoms with Crippen LogP contribution in [0.5, 0.6) is 5.75 Å². The average Bonchev–Trinajstić information content (AvgIpc) is 3.38. The van der Waals surface area contributed by atoms with E-state index in [0.29, 0.717) is 53.1 Å². The van der Waals surface area contributed by atoms with Gasteiger partial charge >= 0.3 is 6.09 Å². The maximum Gasteiger partial charge on any atom is 0.405 e. The fourth-order valence-electron chi connectivity index (χ4n) is 6.09. The molecule has 3 aliphatic heterocycles. The van der Waals surface area contributed by atoms with E-state index in [1.165, 1.54) is 14.2 Å². The summed E-state index contributed by atoms with van der Waals surface area (Å²) in [5, 5.41) is 34.8. The molecule has 0 unspecified atom stereocenters. The first-order chi connectivity index (χ1) is 22.3. The molecule has 6 atom stereocenters. The highest BCUT2D eigenvalue weighted by Gasteiger charge is 2.31. The summed E-state index contributed by atoms with van der Waals surface area (Å²) in [5.74, 6) is -0.911. The molecule has 2 bridgehead atoms. The molecule has 3 heterocycles. The van der Waals surface area contributed by atoms with Crippen molar-refractivity contribution in [3.8, 4) is 5.75 Å². The van der Waals surface area contributed by atoms with Crippen molar-refractivity contribution in [1.29, 1.82) is 5.41 Å². The van der Waals surface area contributed by atoms with Crippen LogP contribution >= 0.6 is 0 Å². The van der Waals surface area contributed by atoms with Gasteiger partial charge in [0, 0.05) is 44.4 Å². The number of anilines is 1. The normalized spacial score (nSPS) is 30.4. The lowest BCUT2D eigenvalue weighted by atomic mass is 9.87. The molecule has 4 rings (SSSR count). The van der Waals surface area contributed by atoms with Gasteiger partial charge in [0.25, 0.3) is 11.9 Å². The number of rotatable bonds is 3. The van der Waals surface area contributed by atoms with E-state index in [9.17, 15) is 19.8 Å². The number of aliphatic hydroxyl groups is 1. The first-order valence-electron chi connectivity index (χ1n) is 15.9. The Hall–Kier alpha value is -4.14. The number of aromatic hydroxyl groups is 1. The second-order valence-corrected chi connectivity index (χ2v) is 12.5. The summed E-state index contributed by atoms with van der Waals surface area (Å²) in [6.07, 6.45) is 2.25. The lowest BCUT2D eigenvalue weighted by molar-refractivity contribution is -0.112. The summed E-state index contributed by atoms with van der Waals surface area (Å²) >= 11 is 0. The van der Waals surface area contributed by atoms with Crippen LogP contribution in [0.2, 0.25) is 0 Å². The zero-order valence-corrected chi connectivity index (χ0v) is 27.9. The number of aliphatic hydroxyl groups excluding tert-OH is 1. The minimum Gasteiger partial charge on any atom is -0.505 e. The quantitative estimate of drug-likeness (QED) is 0.141. The van der Waals surface area contributed by atoms with E-state index < -0.39 is 42.3 Å². The lowest BCUT2D eigenvalue weighted by Gasteiger charge is -2.30. The number of benzene rings is 1. The highest BCUT2D eigenvalue weighted by Crippen LogP contribution is 2.30. The summed E-state index contributed by atoms with van der Waals surface area (Å²) in [4.78, 5) is 40.3. The first-order valence-corrected chi connectivity index (χ1v) is 15.9. The summed E-state index contributed by atoms with van der Waals surface area (Å²) in [5.41, 5.74) is 7.10.